The van der Waals surface area contributed by atoms with Crippen LogP contribution in [0.3, 0.4) is 0 Å². The van der Waals surface area contributed by atoms with Crippen molar-refractivity contribution >= 4 is 11.6 Å². The summed E-state index contributed by atoms with van der Waals surface area (Å²) >= 11 is 6.00. The molecule has 1 heterocycles. The summed E-state index contributed by atoms with van der Waals surface area (Å²) in [5.41, 5.74) is 1.18. The van der Waals surface area contributed by atoms with Gasteiger partial charge in [-0.25, -0.2) is 9.97 Å². The second kappa shape index (κ2) is 6.47. The predicted octanol–water partition coefficient (Wildman–Crippen LogP) is 3.02. The third-order valence-electron chi connectivity index (χ3n) is 2.68. The largest absolute Gasteiger partial charge is 0.307 e. The van der Waals surface area contributed by atoms with Gasteiger partial charge in [0, 0.05) is 17.4 Å². The summed E-state index contributed by atoms with van der Waals surface area (Å²) in [6, 6.07) is 9.84. The highest BCUT2D eigenvalue weighted by Gasteiger charge is 2.13. The van der Waals surface area contributed by atoms with Crippen LogP contribution in [0.5, 0.6) is 0 Å². The second-order valence-corrected chi connectivity index (χ2v) is 4.49. The third-order valence-corrected chi connectivity index (χ3v) is 2.91. The van der Waals surface area contributed by atoms with E-state index in [-0.39, 0.29) is 6.04 Å². The molecule has 1 aromatic carbocycles. The molecule has 0 spiro atoms. The normalized spacial score (nSPS) is 12.3. The van der Waals surface area contributed by atoms with E-state index in [0.29, 0.717) is 0 Å². The van der Waals surface area contributed by atoms with Crippen LogP contribution >= 0.6 is 11.6 Å². The molecule has 0 radical (unpaired) electrons. The number of rotatable bonds is 5. The van der Waals surface area contributed by atoms with E-state index in [1.807, 2.05) is 24.3 Å². The zero-order valence-electron chi connectivity index (χ0n) is 10.3. The molecule has 18 heavy (non-hydrogen) atoms. The van der Waals surface area contributed by atoms with Crippen LogP contribution in [-0.4, -0.2) is 16.5 Å². The van der Waals surface area contributed by atoms with E-state index in [0.717, 1.165) is 23.8 Å². The summed E-state index contributed by atoms with van der Waals surface area (Å²) in [7, 11) is 0. The standard InChI is InChI=1S/C14H16ClN3/c1-2-16-13(14-17-7-4-8-18-14)10-11-5-3-6-12(15)9-11/h3-9,13,16H,2,10H2,1H3. The number of nitrogens with one attached hydrogen (secondary N) is 1. The fourth-order valence-electron chi connectivity index (χ4n) is 1.89. The lowest BCUT2D eigenvalue weighted by Crippen LogP contribution is -2.24. The van der Waals surface area contributed by atoms with Crippen molar-refractivity contribution in [1.29, 1.82) is 0 Å². The van der Waals surface area contributed by atoms with Gasteiger partial charge in [-0.2, -0.15) is 0 Å². The maximum absolute atomic E-state index is 6.00. The van der Waals surface area contributed by atoms with Crippen LogP contribution in [-0.2, 0) is 6.42 Å². The van der Waals surface area contributed by atoms with Gasteiger partial charge in [0.2, 0.25) is 0 Å². The maximum atomic E-state index is 6.00. The van der Waals surface area contributed by atoms with Gasteiger partial charge in [-0.15, -0.1) is 0 Å². The fraction of sp³-hybridized carbons (Fsp3) is 0.286. The van der Waals surface area contributed by atoms with E-state index < -0.39 is 0 Å². The smallest absolute Gasteiger partial charge is 0.145 e. The summed E-state index contributed by atoms with van der Waals surface area (Å²) in [5, 5.41) is 4.16. The Morgan fingerprint density at radius 1 is 1.22 bits per heavy atom. The Kier molecular flexibility index (Phi) is 4.67. The van der Waals surface area contributed by atoms with Crippen LogP contribution < -0.4 is 5.32 Å². The lowest BCUT2D eigenvalue weighted by molar-refractivity contribution is 0.521. The number of halogens is 1. The van der Waals surface area contributed by atoms with Crippen LogP contribution in [0.1, 0.15) is 24.4 Å². The van der Waals surface area contributed by atoms with Crippen molar-refractivity contribution in [3.63, 3.8) is 0 Å². The van der Waals surface area contributed by atoms with Gasteiger partial charge in [-0.05, 0) is 36.7 Å². The zero-order valence-corrected chi connectivity index (χ0v) is 11.1. The molecule has 2 aromatic rings. The van der Waals surface area contributed by atoms with Gasteiger partial charge in [-0.3, -0.25) is 0 Å². The molecule has 4 heteroatoms. The molecule has 3 nitrogen and oxygen atoms in total. The van der Waals surface area contributed by atoms with Crippen molar-refractivity contribution in [3.8, 4) is 0 Å². The van der Waals surface area contributed by atoms with Gasteiger partial charge >= 0.3 is 0 Å². The molecule has 0 bridgehead atoms. The monoisotopic (exact) mass is 261 g/mol. The molecule has 0 amide bonds. The first kappa shape index (κ1) is 13.0. The molecule has 0 aliphatic rings. The number of nitrogens with zero attached hydrogens (tertiary/aromatic N) is 2. The first-order valence-corrected chi connectivity index (χ1v) is 6.42. The average Bonchev–Trinajstić information content (AvgIpc) is 2.39. The molecule has 1 aromatic heterocycles. The average molecular weight is 262 g/mol. The van der Waals surface area contributed by atoms with Gasteiger partial charge < -0.3 is 5.32 Å². The molecular formula is C14H16ClN3. The van der Waals surface area contributed by atoms with Gasteiger partial charge in [0.15, 0.2) is 0 Å². The molecule has 0 saturated carbocycles. The second-order valence-electron chi connectivity index (χ2n) is 4.05. The Bertz CT molecular complexity index is 487. The minimum Gasteiger partial charge on any atom is -0.307 e. The van der Waals surface area contributed by atoms with Crippen molar-refractivity contribution in [2.24, 2.45) is 0 Å². The van der Waals surface area contributed by atoms with Crippen LogP contribution in [0.25, 0.3) is 0 Å². The number of benzene rings is 1. The van der Waals surface area contributed by atoms with E-state index >= 15 is 0 Å². The summed E-state index contributed by atoms with van der Waals surface area (Å²) < 4.78 is 0. The molecule has 0 fully saturated rings. The van der Waals surface area contributed by atoms with Crippen LogP contribution in [0, 0.1) is 0 Å². The molecule has 2 rings (SSSR count). The van der Waals surface area contributed by atoms with Crippen LogP contribution in [0.15, 0.2) is 42.7 Å². The van der Waals surface area contributed by atoms with Crippen molar-refractivity contribution in [2.45, 2.75) is 19.4 Å². The molecule has 1 unspecified atom stereocenters. The quantitative estimate of drug-likeness (QED) is 0.899. The number of aromatic nitrogens is 2. The SMILES string of the molecule is CCNC(Cc1cccc(Cl)c1)c1ncccn1. The first-order valence-electron chi connectivity index (χ1n) is 6.04. The number of hydrogen-bond acceptors (Lipinski definition) is 3. The predicted molar refractivity (Wildman–Crippen MR) is 73.6 cm³/mol. The summed E-state index contributed by atoms with van der Waals surface area (Å²) in [4.78, 5) is 8.62. The molecule has 0 aliphatic heterocycles. The fourth-order valence-corrected chi connectivity index (χ4v) is 2.10. The third kappa shape index (κ3) is 3.52. The van der Waals surface area contributed by atoms with E-state index in [4.69, 9.17) is 11.6 Å². The Morgan fingerprint density at radius 2 is 2.00 bits per heavy atom. The summed E-state index contributed by atoms with van der Waals surface area (Å²) in [6.07, 6.45) is 4.37. The summed E-state index contributed by atoms with van der Waals surface area (Å²) in [6.45, 7) is 2.96. The molecule has 1 N–H and O–H groups in total. The van der Waals surface area contributed by atoms with E-state index in [1.165, 1.54) is 5.56 Å². The minimum atomic E-state index is 0.120. The van der Waals surface area contributed by atoms with Crippen molar-refractivity contribution in [3.05, 3.63) is 59.1 Å². The summed E-state index contributed by atoms with van der Waals surface area (Å²) in [5.74, 6) is 0.819. The van der Waals surface area contributed by atoms with E-state index in [9.17, 15) is 0 Å². The minimum absolute atomic E-state index is 0.120. The first-order chi connectivity index (χ1) is 8.79. The molecule has 1 atom stereocenters. The maximum Gasteiger partial charge on any atom is 0.145 e. The lowest BCUT2D eigenvalue weighted by atomic mass is 10.1. The zero-order chi connectivity index (χ0) is 12.8. The van der Waals surface area contributed by atoms with Crippen LogP contribution in [0.2, 0.25) is 5.02 Å². The van der Waals surface area contributed by atoms with Crippen molar-refractivity contribution in [2.75, 3.05) is 6.54 Å². The molecule has 0 aliphatic carbocycles. The topological polar surface area (TPSA) is 37.8 Å². The van der Waals surface area contributed by atoms with Gasteiger partial charge in [0.1, 0.15) is 5.82 Å². The van der Waals surface area contributed by atoms with Gasteiger partial charge in [-0.1, -0.05) is 30.7 Å². The van der Waals surface area contributed by atoms with E-state index in [1.54, 1.807) is 12.4 Å². The van der Waals surface area contributed by atoms with Crippen molar-refractivity contribution < 1.29 is 0 Å². The molecular weight excluding hydrogens is 246 g/mol. The molecule has 0 saturated heterocycles. The lowest BCUT2D eigenvalue weighted by Gasteiger charge is -2.16. The Balaban J connectivity index is 2.16. The van der Waals surface area contributed by atoms with Crippen molar-refractivity contribution in [1.82, 2.24) is 15.3 Å². The van der Waals surface area contributed by atoms with Gasteiger partial charge in [0.25, 0.3) is 0 Å². The van der Waals surface area contributed by atoms with E-state index in [2.05, 4.69) is 28.3 Å². The highest BCUT2D eigenvalue weighted by atomic mass is 35.5. The highest BCUT2D eigenvalue weighted by Crippen LogP contribution is 2.17. The Morgan fingerprint density at radius 3 is 2.67 bits per heavy atom. The number of likely N-dealkylation sites (N-methyl/N-ethyl adjacent to an activating group) is 1. The highest BCUT2D eigenvalue weighted by molar-refractivity contribution is 6.30. The van der Waals surface area contributed by atoms with Crippen LogP contribution in [0.4, 0.5) is 0 Å². The Labute approximate surface area is 112 Å². The van der Waals surface area contributed by atoms with Gasteiger partial charge in [0.05, 0.1) is 6.04 Å². The Hall–Kier alpha value is -1.45. The molecule has 94 valence electrons. The number of hydrogen-bond donors (Lipinski definition) is 1.